The average molecular weight is 314 g/mol. The van der Waals surface area contributed by atoms with Crippen LogP contribution in [0, 0.1) is 5.82 Å². The van der Waals surface area contributed by atoms with Crippen molar-refractivity contribution in [2.75, 3.05) is 27.2 Å². The van der Waals surface area contributed by atoms with Gasteiger partial charge in [0.1, 0.15) is 5.82 Å². The average Bonchev–Trinajstić information content (AvgIpc) is 2.54. The van der Waals surface area contributed by atoms with Gasteiger partial charge in [0.2, 0.25) is 5.91 Å². The monoisotopic (exact) mass is 314 g/mol. The number of nitrogens with one attached hydrogen (secondary N) is 1. The standard InChI is InChI=1S/C19H23FN2O/c1-14(19(23)21-11-12-22(2)3)16-9-10-17(18(20)13-16)15-7-5-4-6-8-15/h4-10,13-14H,11-12H2,1-3H3,(H,21,23)/t14-/m0/s1. The van der Waals surface area contributed by atoms with Crippen LogP contribution in [0.5, 0.6) is 0 Å². The molecule has 0 radical (unpaired) electrons. The maximum Gasteiger partial charge on any atom is 0.227 e. The van der Waals surface area contributed by atoms with Crippen molar-refractivity contribution >= 4 is 5.91 Å². The molecule has 1 N–H and O–H groups in total. The number of rotatable bonds is 6. The van der Waals surface area contributed by atoms with E-state index in [9.17, 15) is 9.18 Å². The van der Waals surface area contributed by atoms with Gasteiger partial charge in [0.25, 0.3) is 0 Å². The summed E-state index contributed by atoms with van der Waals surface area (Å²) in [6, 6.07) is 14.4. The molecule has 2 aromatic carbocycles. The summed E-state index contributed by atoms with van der Waals surface area (Å²) in [4.78, 5) is 14.1. The van der Waals surface area contributed by atoms with Gasteiger partial charge in [-0.25, -0.2) is 4.39 Å². The molecule has 3 nitrogen and oxygen atoms in total. The lowest BCUT2D eigenvalue weighted by atomic mass is 9.96. The van der Waals surface area contributed by atoms with Gasteiger partial charge in [0.15, 0.2) is 0 Å². The summed E-state index contributed by atoms with van der Waals surface area (Å²) in [6.07, 6.45) is 0. The van der Waals surface area contributed by atoms with E-state index in [0.29, 0.717) is 17.7 Å². The van der Waals surface area contributed by atoms with Gasteiger partial charge in [-0.15, -0.1) is 0 Å². The highest BCUT2D eigenvalue weighted by molar-refractivity contribution is 5.83. The third kappa shape index (κ3) is 4.63. The Balaban J connectivity index is 2.09. The van der Waals surface area contributed by atoms with Crippen LogP contribution in [0.4, 0.5) is 4.39 Å². The molecule has 122 valence electrons. The summed E-state index contributed by atoms with van der Waals surface area (Å²) in [5, 5.41) is 2.87. The highest BCUT2D eigenvalue weighted by Gasteiger charge is 2.16. The molecule has 0 spiro atoms. The van der Waals surface area contributed by atoms with Crippen LogP contribution >= 0.6 is 0 Å². The SMILES string of the molecule is C[C@H](C(=O)NCCN(C)C)c1ccc(-c2ccccc2)c(F)c1. The van der Waals surface area contributed by atoms with Crippen molar-refractivity contribution in [1.82, 2.24) is 10.2 Å². The number of amides is 1. The Morgan fingerprint density at radius 3 is 2.48 bits per heavy atom. The molecule has 0 aromatic heterocycles. The van der Waals surface area contributed by atoms with Crippen LogP contribution in [0.25, 0.3) is 11.1 Å². The summed E-state index contributed by atoms with van der Waals surface area (Å²) in [5.41, 5.74) is 2.07. The lowest BCUT2D eigenvalue weighted by Crippen LogP contribution is -2.33. The number of carbonyl (C=O) groups is 1. The van der Waals surface area contributed by atoms with Crippen LogP contribution in [0.15, 0.2) is 48.5 Å². The number of carbonyl (C=O) groups excluding carboxylic acids is 1. The van der Waals surface area contributed by atoms with E-state index in [1.165, 1.54) is 6.07 Å². The molecule has 1 amide bonds. The van der Waals surface area contributed by atoms with Crippen molar-refractivity contribution in [3.63, 3.8) is 0 Å². The van der Waals surface area contributed by atoms with Crippen molar-refractivity contribution in [3.05, 3.63) is 59.9 Å². The number of hydrogen-bond donors (Lipinski definition) is 1. The molecule has 4 heteroatoms. The second-order valence-electron chi connectivity index (χ2n) is 5.92. The summed E-state index contributed by atoms with van der Waals surface area (Å²) in [7, 11) is 3.90. The lowest BCUT2D eigenvalue weighted by Gasteiger charge is -2.15. The smallest absolute Gasteiger partial charge is 0.227 e. The highest BCUT2D eigenvalue weighted by atomic mass is 19.1. The Kier molecular flexibility index (Phi) is 5.88. The number of halogens is 1. The fourth-order valence-corrected chi connectivity index (χ4v) is 2.36. The maximum atomic E-state index is 14.4. The molecule has 2 aromatic rings. The molecule has 0 saturated carbocycles. The first-order chi connectivity index (χ1) is 11.0. The predicted molar refractivity (Wildman–Crippen MR) is 91.8 cm³/mol. The zero-order valence-electron chi connectivity index (χ0n) is 13.8. The molecular formula is C19H23FN2O. The van der Waals surface area contributed by atoms with Crippen molar-refractivity contribution in [2.45, 2.75) is 12.8 Å². The number of nitrogens with zero attached hydrogens (tertiary/aromatic N) is 1. The molecule has 2 rings (SSSR count). The summed E-state index contributed by atoms with van der Waals surface area (Å²) in [6.45, 7) is 3.16. The van der Waals surface area contributed by atoms with E-state index < -0.39 is 0 Å². The van der Waals surface area contributed by atoms with Crippen LogP contribution in [0.2, 0.25) is 0 Å². The molecule has 0 aliphatic heterocycles. The van der Waals surface area contributed by atoms with Gasteiger partial charge < -0.3 is 10.2 Å². The minimum absolute atomic E-state index is 0.0845. The van der Waals surface area contributed by atoms with E-state index in [4.69, 9.17) is 0 Å². The van der Waals surface area contributed by atoms with Gasteiger partial charge in [-0.05, 0) is 38.2 Å². The molecule has 0 fully saturated rings. The first-order valence-corrected chi connectivity index (χ1v) is 7.76. The van der Waals surface area contributed by atoms with Crippen molar-refractivity contribution in [2.24, 2.45) is 0 Å². The molecule has 0 unspecified atom stereocenters. The van der Waals surface area contributed by atoms with Gasteiger partial charge in [-0.2, -0.15) is 0 Å². The normalized spacial score (nSPS) is 12.2. The second kappa shape index (κ2) is 7.88. The topological polar surface area (TPSA) is 32.3 Å². The van der Waals surface area contributed by atoms with Gasteiger partial charge in [0.05, 0.1) is 5.92 Å². The molecule has 0 bridgehead atoms. The Bertz CT molecular complexity index is 656. The zero-order chi connectivity index (χ0) is 16.8. The fourth-order valence-electron chi connectivity index (χ4n) is 2.36. The van der Waals surface area contributed by atoms with E-state index in [0.717, 1.165) is 12.1 Å². The zero-order valence-corrected chi connectivity index (χ0v) is 13.8. The van der Waals surface area contributed by atoms with E-state index in [1.54, 1.807) is 13.0 Å². The van der Waals surface area contributed by atoms with Crippen LogP contribution in [-0.2, 0) is 4.79 Å². The van der Waals surface area contributed by atoms with E-state index in [2.05, 4.69) is 5.32 Å². The molecule has 0 saturated heterocycles. The molecular weight excluding hydrogens is 291 g/mol. The summed E-state index contributed by atoms with van der Waals surface area (Å²) < 4.78 is 14.4. The van der Waals surface area contributed by atoms with Crippen LogP contribution in [-0.4, -0.2) is 38.0 Å². The Labute approximate surface area is 137 Å². The molecule has 1 atom stereocenters. The minimum Gasteiger partial charge on any atom is -0.354 e. The van der Waals surface area contributed by atoms with E-state index in [-0.39, 0.29) is 17.6 Å². The quantitative estimate of drug-likeness (QED) is 0.887. The highest BCUT2D eigenvalue weighted by Crippen LogP contribution is 2.26. The largest absolute Gasteiger partial charge is 0.354 e. The fraction of sp³-hybridized carbons (Fsp3) is 0.316. The van der Waals surface area contributed by atoms with E-state index >= 15 is 0 Å². The van der Waals surface area contributed by atoms with Gasteiger partial charge in [-0.1, -0.05) is 42.5 Å². The van der Waals surface area contributed by atoms with Gasteiger partial charge >= 0.3 is 0 Å². The van der Waals surface area contributed by atoms with Gasteiger partial charge in [0, 0.05) is 18.7 Å². The third-order valence-corrected chi connectivity index (χ3v) is 3.83. The van der Waals surface area contributed by atoms with Crippen LogP contribution in [0.1, 0.15) is 18.4 Å². The van der Waals surface area contributed by atoms with Crippen LogP contribution in [0.3, 0.4) is 0 Å². The van der Waals surface area contributed by atoms with Crippen molar-refractivity contribution in [1.29, 1.82) is 0 Å². The summed E-state index contributed by atoms with van der Waals surface area (Å²) in [5.74, 6) is -0.767. The number of likely N-dealkylation sites (N-methyl/N-ethyl adjacent to an activating group) is 1. The van der Waals surface area contributed by atoms with Crippen LogP contribution < -0.4 is 5.32 Å². The second-order valence-corrected chi connectivity index (χ2v) is 5.92. The third-order valence-electron chi connectivity index (χ3n) is 3.83. The molecule has 23 heavy (non-hydrogen) atoms. The Morgan fingerprint density at radius 2 is 1.87 bits per heavy atom. The molecule has 0 heterocycles. The minimum atomic E-state index is -0.378. The lowest BCUT2D eigenvalue weighted by molar-refractivity contribution is -0.122. The molecule has 0 aliphatic rings. The van der Waals surface area contributed by atoms with Crippen molar-refractivity contribution < 1.29 is 9.18 Å². The maximum absolute atomic E-state index is 14.4. The first-order valence-electron chi connectivity index (χ1n) is 7.76. The summed E-state index contributed by atoms with van der Waals surface area (Å²) >= 11 is 0. The van der Waals surface area contributed by atoms with Crippen molar-refractivity contribution in [3.8, 4) is 11.1 Å². The first kappa shape index (κ1) is 17.2. The Morgan fingerprint density at radius 1 is 1.17 bits per heavy atom. The Hall–Kier alpha value is -2.20. The predicted octanol–water partition coefficient (Wildman–Crippen LogP) is 3.27. The molecule has 0 aliphatic carbocycles. The van der Waals surface area contributed by atoms with Gasteiger partial charge in [-0.3, -0.25) is 4.79 Å². The number of benzene rings is 2. The van der Waals surface area contributed by atoms with E-state index in [1.807, 2.05) is 55.4 Å². The number of hydrogen-bond acceptors (Lipinski definition) is 2.